The fraction of sp³-hybridized carbons (Fsp3) is 0.227. The molecule has 0 fully saturated rings. The summed E-state index contributed by atoms with van der Waals surface area (Å²) in [6.45, 7) is 3.83. The van der Waals surface area contributed by atoms with Gasteiger partial charge in [0.2, 0.25) is 0 Å². The predicted molar refractivity (Wildman–Crippen MR) is 117 cm³/mol. The Morgan fingerprint density at radius 1 is 1.21 bits per heavy atom. The van der Waals surface area contributed by atoms with Crippen molar-refractivity contribution in [3.05, 3.63) is 71.4 Å². The summed E-state index contributed by atoms with van der Waals surface area (Å²) in [5, 5.41) is 7.57. The maximum absolute atomic E-state index is 13.0. The maximum Gasteiger partial charge on any atom is 0.261 e. The Morgan fingerprint density at radius 2 is 2.00 bits per heavy atom. The number of aliphatic imine (C=N–C) groups is 1. The number of nitrogens with one attached hydrogen (secondary N) is 1. The van der Waals surface area contributed by atoms with Crippen LogP contribution in [0.25, 0.3) is 11.3 Å². The Balaban J connectivity index is 1.62. The molecule has 0 aliphatic carbocycles. The van der Waals surface area contributed by atoms with Gasteiger partial charge in [0.15, 0.2) is 10.9 Å². The first-order valence-corrected chi connectivity index (χ1v) is 10.4. The molecule has 0 spiro atoms. The number of rotatable bonds is 4. The maximum atomic E-state index is 13.0. The van der Waals surface area contributed by atoms with Crippen molar-refractivity contribution in [2.45, 2.75) is 25.8 Å². The Labute approximate surface area is 173 Å². The molecule has 6 nitrogen and oxygen atoms in total. The van der Waals surface area contributed by atoms with Crippen molar-refractivity contribution in [2.75, 3.05) is 11.1 Å². The normalized spacial score (nSPS) is 18.9. The van der Waals surface area contributed by atoms with Crippen molar-refractivity contribution in [3.63, 3.8) is 0 Å². The zero-order valence-corrected chi connectivity index (χ0v) is 17.1. The Bertz CT molecular complexity index is 1080. The summed E-state index contributed by atoms with van der Waals surface area (Å²) < 4.78 is 5.44. The van der Waals surface area contributed by atoms with E-state index < -0.39 is 5.54 Å². The van der Waals surface area contributed by atoms with E-state index in [9.17, 15) is 4.79 Å². The highest BCUT2D eigenvalue weighted by atomic mass is 32.2. The topological polar surface area (TPSA) is 93.5 Å². The predicted octanol–water partition coefficient (Wildman–Crippen LogP) is 4.57. The zero-order chi connectivity index (χ0) is 20.4. The monoisotopic (exact) mass is 406 g/mol. The standard InChI is InChI=1S/C22H22N4O2S/c1-14-18(19(28-26-14)15-7-4-3-5-8-15)20(27)24-17-10-6-9-16(13-17)22(2)11-12-29-21(23)25-22/h3-10,13H,11-12H2,1-2H3,(H2,23,25)(H,24,27). The lowest BCUT2D eigenvalue weighted by Crippen LogP contribution is -2.28. The average molecular weight is 407 g/mol. The van der Waals surface area contributed by atoms with Crippen LogP contribution in [0.4, 0.5) is 5.69 Å². The molecule has 1 atom stereocenters. The van der Waals surface area contributed by atoms with Crippen molar-refractivity contribution in [1.82, 2.24) is 5.16 Å². The molecule has 4 rings (SSSR count). The molecule has 29 heavy (non-hydrogen) atoms. The van der Waals surface area contributed by atoms with Crippen LogP contribution < -0.4 is 11.1 Å². The van der Waals surface area contributed by atoms with Crippen LogP contribution in [0.2, 0.25) is 0 Å². The van der Waals surface area contributed by atoms with Gasteiger partial charge in [0, 0.05) is 17.0 Å². The third-order valence-corrected chi connectivity index (χ3v) is 5.86. The number of anilines is 1. The Hall–Kier alpha value is -3.06. The lowest BCUT2D eigenvalue weighted by molar-refractivity contribution is 0.102. The molecule has 148 valence electrons. The quantitative estimate of drug-likeness (QED) is 0.662. The molecule has 3 aromatic rings. The van der Waals surface area contributed by atoms with E-state index in [-0.39, 0.29) is 5.91 Å². The molecule has 1 amide bonds. The number of benzene rings is 2. The van der Waals surface area contributed by atoms with Crippen LogP contribution in [0.5, 0.6) is 0 Å². The number of nitrogens with zero attached hydrogens (tertiary/aromatic N) is 2. The third-order valence-electron chi connectivity index (χ3n) is 5.06. The molecule has 0 saturated heterocycles. The highest BCUT2D eigenvalue weighted by Gasteiger charge is 2.30. The third kappa shape index (κ3) is 3.91. The number of carbonyl (C=O) groups excluding carboxylic acids is 1. The van der Waals surface area contributed by atoms with Gasteiger partial charge in [-0.2, -0.15) is 0 Å². The van der Waals surface area contributed by atoms with Gasteiger partial charge in [-0.3, -0.25) is 9.79 Å². The molecular formula is C22H22N4O2S. The van der Waals surface area contributed by atoms with E-state index in [1.165, 1.54) is 0 Å². The summed E-state index contributed by atoms with van der Waals surface area (Å²) in [6, 6.07) is 17.2. The number of carbonyl (C=O) groups is 1. The molecule has 0 bridgehead atoms. The van der Waals surface area contributed by atoms with E-state index in [1.54, 1.807) is 18.7 Å². The van der Waals surface area contributed by atoms with E-state index >= 15 is 0 Å². The molecule has 7 heteroatoms. The molecule has 1 aliphatic rings. The number of hydrogen-bond acceptors (Lipinski definition) is 6. The lowest BCUT2D eigenvalue weighted by atomic mass is 9.89. The first kappa shape index (κ1) is 19.3. The van der Waals surface area contributed by atoms with Crippen molar-refractivity contribution in [1.29, 1.82) is 0 Å². The number of nitrogens with two attached hydrogens (primary N) is 1. The Kier molecular flexibility index (Phi) is 5.15. The van der Waals surface area contributed by atoms with Gasteiger partial charge in [0.05, 0.1) is 11.2 Å². The minimum atomic E-state index is -0.390. The lowest BCUT2D eigenvalue weighted by Gasteiger charge is -2.30. The summed E-state index contributed by atoms with van der Waals surface area (Å²) in [4.78, 5) is 17.7. The fourth-order valence-electron chi connectivity index (χ4n) is 3.44. The van der Waals surface area contributed by atoms with E-state index in [2.05, 4.69) is 22.4 Å². The van der Waals surface area contributed by atoms with Gasteiger partial charge in [0.25, 0.3) is 5.91 Å². The van der Waals surface area contributed by atoms with Gasteiger partial charge in [0.1, 0.15) is 5.56 Å². The summed E-state index contributed by atoms with van der Waals surface area (Å²) >= 11 is 1.57. The average Bonchev–Trinajstić information content (AvgIpc) is 3.10. The van der Waals surface area contributed by atoms with Gasteiger partial charge < -0.3 is 15.6 Å². The van der Waals surface area contributed by atoms with Crippen LogP contribution in [-0.4, -0.2) is 22.0 Å². The number of amides is 1. The number of hydrogen-bond donors (Lipinski definition) is 2. The van der Waals surface area contributed by atoms with E-state index in [0.29, 0.717) is 27.9 Å². The molecular weight excluding hydrogens is 384 g/mol. The van der Waals surface area contributed by atoms with Crippen molar-refractivity contribution in [2.24, 2.45) is 10.7 Å². The molecule has 1 unspecified atom stereocenters. The second kappa shape index (κ2) is 7.75. The first-order valence-electron chi connectivity index (χ1n) is 9.38. The highest BCUT2D eigenvalue weighted by molar-refractivity contribution is 8.13. The van der Waals surface area contributed by atoms with Gasteiger partial charge in [-0.25, -0.2) is 0 Å². The van der Waals surface area contributed by atoms with E-state index in [1.807, 2.05) is 54.6 Å². The van der Waals surface area contributed by atoms with E-state index in [0.717, 1.165) is 23.3 Å². The highest BCUT2D eigenvalue weighted by Crippen LogP contribution is 2.36. The molecule has 2 heterocycles. The fourth-order valence-corrected chi connectivity index (χ4v) is 4.42. The molecule has 1 aromatic heterocycles. The van der Waals surface area contributed by atoms with Crippen LogP contribution in [0.15, 0.2) is 64.1 Å². The summed E-state index contributed by atoms with van der Waals surface area (Å²) in [5.41, 5.74) is 9.06. The van der Waals surface area contributed by atoms with Gasteiger partial charge >= 0.3 is 0 Å². The Morgan fingerprint density at radius 3 is 2.76 bits per heavy atom. The molecule has 2 aromatic carbocycles. The van der Waals surface area contributed by atoms with Crippen molar-refractivity contribution in [3.8, 4) is 11.3 Å². The van der Waals surface area contributed by atoms with Gasteiger partial charge in [-0.05, 0) is 38.0 Å². The summed E-state index contributed by atoms with van der Waals surface area (Å²) in [5.74, 6) is 1.13. The number of thioether (sulfide) groups is 1. The van der Waals surface area contributed by atoms with Crippen molar-refractivity contribution >= 4 is 28.5 Å². The molecule has 0 radical (unpaired) electrons. The van der Waals surface area contributed by atoms with Crippen molar-refractivity contribution < 1.29 is 9.32 Å². The van der Waals surface area contributed by atoms with Crippen LogP contribution in [0.3, 0.4) is 0 Å². The number of aromatic nitrogens is 1. The minimum Gasteiger partial charge on any atom is -0.379 e. The molecule has 1 aliphatic heterocycles. The molecule has 0 saturated carbocycles. The van der Waals surface area contributed by atoms with Gasteiger partial charge in [-0.15, -0.1) is 0 Å². The van der Waals surface area contributed by atoms with Crippen LogP contribution >= 0.6 is 11.8 Å². The SMILES string of the molecule is Cc1noc(-c2ccccc2)c1C(=O)Nc1cccc(C2(C)CCSC(N)=N2)c1. The summed E-state index contributed by atoms with van der Waals surface area (Å²) in [6.07, 6.45) is 0.888. The first-order chi connectivity index (χ1) is 14.0. The minimum absolute atomic E-state index is 0.257. The number of aryl methyl sites for hydroxylation is 1. The zero-order valence-electron chi connectivity index (χ0n) is 16.3. The largest absolute Gasteiger partial charge is 0.379 e. The second-order valence-electron chi connectivity index (χ2n) is 7.20. The number of amidine groups is 1. The van der Waals surface area contributed by atoms with E-state index in [4.69, 9.17) is 10.3 Å². The smallest absolute Gasteiger partial charge is 0.261 e. The van der Waals surface area contributed by atoms with Crippen LogP contribution in [-0.2, 0) is 5.54 Å². The second-order valence-corrected chi connectivity index (χ2v) is 8.31. The van der Waals surface area contributed by atoms with Crippen LogP contribution in [0.1, 0.15) is 35.0 Å². The summed E-state index contributed by atoms with van der Waals surface area (Å²) in [7, 11) is 0. The van der Waals surface area contributed by atoms with Gasteiger partial charge in [-0.1, -0.05) is 59.4 Å². The van der Waals surface area contributed by atoms with Crippen LogP contribution in [0, 0.1) is 6.92 Å². The molecule has 3 N–H and O–H groups in total.